The molecule has 2 heterocycles. The number of halogens is 9. The Bertz CT molecular complexity index is 4420. The average molecular weight is 1190 g/mol. The number of phenols is 1. The van der Waals surface area contributed by atoms with Crippen LogP contribution in [0.25, 0.3) is 112 Å². The van der Waals surface area contributed by atoms with Crippen molar-refractivity contribution in [2.24, 2.45) is 0 Å². The zero-order valence-electron chi connectivity index (χ0n) is 44.3. The summed E-state index contributed by atoms with van der Waals surface area (Å²) in [5, 5.41) is 6.20. The first-order valence-electron chi connectivity index (χ1n) is 26.0. The van der Waals surface area contributed by atoms with Crippen LogP contribution < -0.4 is 4.18 Å². The minimum Gasteiger partial charge on any atom is -0.507 e. The lowest BCUT2D eigenvalue weighted by atomic mass is 9.96. The molecule has 12 aromatic rings. The Morgan fingerprint density at radius 3 is 0.965 bits per heavy atom. The van der Waals surface area contributed by atoms with Gasteiger partial charge in [-0.25, -0.2) is 29.9 Å². The van der Waals surface area contributed by atoms with Crippen LogP contribution in [0.2, 0.25) is 0 Å². The van der Waals surface area contributed by atoms with E-state index >= 15 is 0 Å². The molecule has 0 aliphatic carbocycles. The van der Waals surface area contributed by atoms with Crippen LogP contribution >= 0.6 is 0 Å². The van der Waals surface area contributed by atoms with Crippen LogP contribution in [0.1, 0.15) is 0 Å². The van der Waals surface area contributed by atoms with Crippen molar-refractivity contribution >= 4 is 31.7 Å². The number of fused-ring (bicyclic) bond motifs is 2. The number of hydrogen-bond donors (Lipinski definition) is 1. The maximum Gasteiger partial charge on any atom is 0.460 e. The van der Waals surface area contributed by atoms with Gasteiger partial charge in [0.2, 0.25) is 0 Å². The summed E-state index contributed by atoms with van der Waals surface area (Å²) in [5.41, 5.74) is 6.01. The molecule has 0 atom stereocenters. The van der Waals surface area contributed by atoms with Gasteiger partial charge in [-0.3, -0.25) is 0 Å². The topological polar surface area (TPSA) is 141 Å². The van der Waals surface area contributed by atoms with Crippen LogP contribution in [-0.4, -0.2) is 66.7 Å². The van der Waals surface area contributed by atoms with Crippen molar-refractivity contribution < 1.29 is 57.2 Å². The van der Waals surface area contributed by atoms with E-state index < -0.39 is 39.1 Å². The van der Waals surface area contributed by atoms with Crippen molar-refractivity contribution in [2.75, 3.05) is 0 Å². The van der Waals surface area contributed by atoms with E-state index in [1.54, 1.807) is 60.7 Å². The summed E-state index contributed by atoms with van der Waals surface area (Å²) in [7, 11) is -7.22. The van der Waals surface area contributed by atoms with Crippen molar-refractivity contribution in [2.45, 2.75) is 23.3 Å². The number of phenolic OH excluding ortho intramolecular Hbond substituents is 1. The lowest BCUT2D eigenvalue weighted by Crippen LogP contribution is -2.63. The number of hydrogen-bond acceptors (Lipinski definition) is 10. The van der Waals surface area contributed by atoms with Gasteiger partial charge < -0.3 is 9.29 Å². The van der Waals surface area contributed by atoms with Gasteiger partial charge in [0.25, 0.3) is 0 Å². The van der Waals surface area contributed by atoms with Crippen LogP contribution in [0.3, 0.4) is 0 Å². The molecule has 0 radical (unpaired) electrons. The van der Waals surface area contributed by atoms with E-state index in [2.05, 4.69) is 19.1 Å². The number of benzene rings is 10. The van der Waals surface area contributed by atoms with Gasteiger partial charge in [0, 0.05) is 44.5 Å². The Morgan fingerprint density at radius 2 is 0.605 bits per heavy atom. The second kappa shape index (κ2) is 23.0. The molecule has 0 aliphatic heterocycles. The summed E-state index contributed by atoms with van der Waals surface area (Å²) in [6.45, 7) is 0. The molecule has 1 N–H and O–H groups in total. The zero-order chi connectivity index (χ0) is 60.4. The van der Waals surface area contributed by atoms with Crippen molar-refractivity contribution in [1.82, 2.24) is 29.9 Å². The summed E-state index contributed by atoms with van der Waals surface area (Å²) >= 11 is 0. The monoisotopic (exact) mass is 1180 g/mol. The van der Waals surface area contributed by atoms with E-state index in [1.807, 2.05) is 127 Å². The van der Waals surface area contributed by atoms with Crippen LogP contribution in [-0.2, 0) is 10.1 Å². The maximum absolute atomic E-state index is 14.6. The summed E-state index contributed by atoms with van der Waals surface area (Å²) in [5.74, 6) is -13.0. The van der Waals surface area contributed by atoms with Gasteiger partial charge in [-0.2, -0.15) is 47.9 Å². The Kier molecular flexibility index (Phi) is 15.4. The molecule has 0 fully saturated rings. The standard InChI is InChI=1S/C35H20F9N3O3S.C31H21N3O/c36-32(37,34(40,41)42)33(38,39)35(43,44)51(48,49)50-27-20-19-21-9-7-8-14-26(21)28(27)22-15-17-25(18-16-22)31-46-29(23-10-3-1-4-11-23)45-30(47-31)24-12-5-2-6-13-24;35-27-20-19-21-9-7-8-14-26(21)28(27)22-15-17-25(18-16-22)31-33-29(23-10-3-1-4-11-23)32-30(34-31)24-12-5-2-6-13-24/h1-20H;1-20,35H. The normalized spacial score (nSPS) is 12.2. The first kappa shape index (κ1) is 57.5. The fraction of sp³-hybridized carbons (Fsp3) is 0.0606. The van der Waals surface area contributed by atoms with Crippen LogP contribution in [0.5, 0.6) is 11.5 Å². The fourth-order valence-electron chi connectivity index (χ4n) is 9.32. The van der Waals surface area contributed by atoms with Crippen molar-refractivity contribution in [3.8, 4) is 102 Å². The van der Waals surface area contributed by atoms with Crippen molar-refractivity contribution in [3.63, 3.8) is 0 Å². The fourth-order valence-corrected chi connectivity index (χ4v) is 10.2. The number of nitrogens with zero attached hydrogens (tertiary/aromatic N) is 6. The molecule has 0 aliphatic rings. The van der Waals surface area contributed by atoms with Gasteiger partial charge in [-0.1, -0.05) is 231 Å². The second-order valence-corrected chi connectivity index (χ2v) is 20.9. The molecule has 0 amide bonds. The predicted molar refractivity (Wildman–Crippen MR) is 310 cm³/mol. The van der Waals surface area contributed by atoms with Crippen molar-refractivity contribution in [1.29, 1.82) is 0 Å². The highest BCUT2D eigenvalue weighted by Gasteiger charge is 2.86. The van der Waals surface area contributed by atoms with E-state index in [0.717, 1.165) is 50.7 Å². The van der Waals surface area contributed by atoms with Gasteiger partial charge in [-0.05, 0) is 44.8 Å². The van der Waals surface area contributed by atoms with Crippen LogP contribution in [0, 0.1) is 0 Å². The molecule has 428 valence electrons. The van der Waals surface area contributed by atoms with Gasteiger partial charge >= 0.3 is 33.4 Å². The molecule has 20 heteroatoms. The van der Waals surface area contributed by atoms with Crippen LogP contribution in [0.15, 0.2) is 243 Å². The zero-order valence-corrected chi connectivity index (χ0v) is 45.1. The molecule has 86 heavy (non-hydrogen) atoms. The van der Waals surface area contributed by atoms with E-state index in [-0.39, 0.29) is 28.1 Å². The lowest BCUT2D eigenvalue weighted by molar-refractivity contribution is -0.382. The average Bonchev–Trinajstić information content (AvgIpc) is 0.974. The highest BCUT2D eigenvalue weighted by Crippen LogP contribution is 2.55. The SMILES string of the molecule is O=S(=O)(Oc1ccc2ccccc2c1-c1ccc(-c2nc(-c3ccccc3)nc(-c3ccccc3)n2)cc1)C(F)(F)C(F)(F)C(F)(F)C(F)(F)F.Oc1ccc2ccccc2c1-c1ccc(-c2nc(-c3ccccc3)nc(-c3ccccc3)n2)cc1. The minimum atomic E-state index is -7.46. The third-order valence-corrected chi connectivity index (χ3v) is 15.0. The van der Waals surface area contributed by atoms with E-state index in [4.69, 9.17) is 15.0 Å². The quantitative estimate of drug-likeness (QED) is 0.0876. The smallest absolute Gasteiger partial charge is 0.460 e. The first-order valence-corrected chi connectivity index (χ1v) is 27.4. The lowest BCUT2D eigenvalue weighted by Gasteiger charge is -2.32. The molecule has 2 aromatic heterocycles. The summed E-state index contributed by atoms with van der Waals surface area (Å²) in [4.78, 5) is 28.1. The maximum atomic E-state index is 14.6. The number of alkyl halides is 9. The number of aromatic hydroxyl groups is 1. The van der Waals surface area contributed by atoms with E-state index in [9.17, 15) is 53.0 Å². The minimum absolute atomic E-state index is 0.0528. The van der Waals surface area contributed by atoms with Gasteiger partial charge in [0.1, 0.15) is 5.75 Å². The molecule has 10 aromatic carbocycles. The van der Waals surface area contributed by atoms with Crippen molar-refractivity contribution in [3.05, 3.63) is 243 Å². The van der Waals surface area contributed by atoms with E-state index in [1.165, 1.54) is 42.5 Å². The molecule has 12 rings (SSSR count). The Labute approximate surface area is 484 Å². The highest BCUT2D eigenvalue weighted by molar-refractivity contribution is 7.88. The molecule has 0 saturated carbocycles. The summed E-state index contributed by atoms with van der Waals surface area (Å²) in [6, 6.07) is 71.1. The van der Waals surface area contributed by atoms with Gasteiger partial charge in [-0.15, -0.1) is 0 Å². The molecule has 0 bridgehead atoms. The molecule has 0 unspecified atom stereocenters. The van der Waals surface area contributed by atoms with Gasteiger partial charge in [0.05, 0.1) is 0 Å². The molecule has 10 nitrogen and oxygen atoms in total. The highest BCUT2D eigenvalue weighted by atomic mass is 32.2. The first-order chi connectivity index (χ1) is 41.2. The Balaban J connectivity index is 0.000000191. The summed E-state index contributed by atoms with van der Waals surface area (Å²) in [6.07, 6.45) is -7.23. The summed E-state index contributed by atoms with van der Waals surface area (Å²) < 4.78 is 152. The molecular weight excluding hydrogens is 1140 g/mol. The second-order valence-electron chi connectivity index (χ2n) is 19.3. The number of aromatic nitrogens is 6. The largest absolute Gasteiger partial charge is 0.507 e. The van der Waals surface area contributed by atoms with Crippen LogP contribution in [0.4, 0.5) is 39.5 Å². The molecular formula is C66H41F9N6O4S. The predicted octanol–water partition coefficient (Wildman–Crippen LogP) is 17.2. The third-order valence-electron chi connectivity index (χ3n) is 13.7. The van der Waals surface area contributed by atoms with E-state index in [0.29, 0.717) is 51.2 Å². The molecule has 0 spiro atoms. The molecule has 0 saturated heterocycles. The number of rotatable bonds is 13. The van der Waals surface area contributed by atoms with Gasteiger partial charge in [0.15, 0.2) is 40.7 Å². The third kappa shape index (κ3) is 11.2. The Morgan fingerprint density at radius 1 is 0.314 bits per heavy atom. The Hall–Kier alpha value is -10.3.